The first-order valence-corrected chi connectivity index (χ1v) is 8.96. The van der Waals surface area contributed by atoms with Gasteiger partial charge in [-0.1, -0.05) is 18.2 Å². The molecule has 0 fully saturated rings. The van der Waals surface area contributed by atoms with Gasteiger partial charge in [-0.05, 0) is 38.5 Å². The summed E-state index contributed by atoms with van der Waals surface area (Å²) in [5.74, 6) is -1.35. The van der Waals surface area contributed by atoms with Crippen LogP contribution in [0.2, 0.25) is 0 Å². The Morgan fingerprint density at radius 1 is 1.31 bits per heavy atom. The molecular weight excluding hydrogens is 374 g/mol. The van der Waals surface area contributed by atoms with Gasteiger partial charge in [0.05, 0.1) is 36.0 Å². The molecule has 1 aromatic carbocycles. The first-order chi connectivity index (χ1) is 13.9. The number of aromatic amines is 1. The summed E-state index contributed by atoms with van der Waals surface area (Å²) < 4.78 is 6.44. The van der Waals surface area contributed by atoms with Crippen LogP contribution in [-0.2, 0) is 4.74 Å². The number of aryl methyl sites for hydroxylation is 1. The summed E-state index contributed by atoms with van der Waals surface area (Å²) in [6.07, 6.45) is 2.73. The number of carbonyl (C=O) groups excluding carboxylic acids is 2. The fraction of sp³-hybridized carbons (Fsp3) is 0.200. The zero-order chi connectivity index (χ0) is 21.0. The Morgan fingerprint density at radius 3 is 2.72 bits per heavy atom. The largest absolute Gasteiger partial charge is 0.504 e. The quantitative estimate of drug-likeness (QED) is 0.336. The second-order valence-corrected chi connectivity index (χ2v) is 6.23. The maximum atomic E-state index is 12.3. The summed E-state index contributed by atoms with van der Waals surface area (Å²) >= 11 is 0. The third-order valence-electron chi connectivity index (χ3n) is 4.25. The molecule has 29 heavy (non-hydrogen) atoms. The Kier molecular flexibility index (Phi) is 5.77. The molecule has 0 saturated heterocycles. The highest BCUT2D eigenvalue weighted by Gasteiger charge is 2.19. The number of ether oxygens (including phenoxy) is 1. The van der Waals surface area contributed by atoms with Crippen molar-refractivity contribution in [3.63, 3.8) is 0 Å². The summed E-state index contributed by atoms with van der Waals surface area (Å²) in [6.45, 7) is 5.53. The van der Waals surface area contributed by atoms with E-state index in [1.165, 1.54) is 17.1 Å². The van der Waals surface area contributed by atoms with Gasteiger partial charge in [-0.3, -0.25) is 4.79 Å². The molecule has 9 heteroatoms. The van der Waals surface area contributed by atoms with Crippen LogP contribution in [0.4, 0.5) is 0 Å². The van der Waals surface area contributed by atoms with Crippen molar-refractivity contribution < 1.29 is 19.4 Å². The van der Waals surface area contributed by atoms with Gasteiger partial charge in [-0.25, -0.2) is 14.9 Å². The molecule has 150 valence electrons. The fourth-order valence-corrected chi connectivity index (χ4v) is 2.86. The van der Waals surface area contributed by atoms with Crippen LogP contribution in [-0.4, -0.2) is 44.6 Å². The van der Waals surface area contributed by atoms with Crippen LogP contribution in [0.5, 0.6) is 5.75 Å². The number of rotatable bonds is 6. The minimum atomic E-state index is -0.667. The Labute approximate surface area is 167 Å². The molecule has 3 N–H and O–H groups in total. The van der Waals surface area contributed by atoms with E-state index in [2.05, 4.69) is 20.6 Å². The Balaban J connectivity index is 1.73. The van der Waals surface area contributed by atoms with E-state index in [0.29, 0.717) is 28.2 Å². The molecule has 3 rings (SSSR count). The van der Waals surface area contributed by atoms with Crippen LogP contribution >= 0.6 is 0 Å². The number of hydrazone groups is 1. The molecule has 1 amide bonds. The number of nitrogens with one attached hydrogen (secondary N) is 2. The molecule has 0 saturated carbocycles. The molecule has 9 nitrogen and oxygen atoms in total. The maximum Gasteiger partial charge on any atom is 0.340 e. The van der Waals surface area contributed by atoms with Crippen molar-refractivity contribution in [2.24, 2.45) is 5.10 Å². The van der Waals surface area contributed by atoms with Crippen LogP contribution < -0.4 is 5.43 Å². The topological polar surface area (TPSA) is 122 Å². The minimum Gasteiger partial charge on any atom is -0.504 e. The number of para-hydroxylation sites is 1. The predicted octanol–water partition coefficient (Wildman–Crippen LogP) is 2.46. The number of esters is 1. The Hall–Kier alpha value is -3.88. The second kappa shape index (κ2) is 8.42. The van der Waals surface area contributed by atoms with Gasteiger partial charge in [0, 0.05) is 5.69 Å². The van der Waals surface area contributed by atoms with Gasteiger partial charge in [-0.15, -0.1) is 0 Å². The van der Waals surface area contributed by atoms with Crippen molar-refractivity contribution in [2.45, 2.75) is 20.8 Å². The van der Waals surface area contributed by atoms with Crippen LogP contribution in [0, 0.1) is 13.8 Å². The molecule has 2 heterocycles. The Morgan fingerprint density at radius 2 is 2.03 bits per heavy atom. The van der Waals surface area contributed by atoms with E-state index in [1.807, 2.05) is 18.2 Å². The number of nitrogens with zero attached hydrogens (tertiary/aromatic N) is 3. The van der Waals surface area contributed by atoms with Gasteiger partial charge in [0.25, 0.3) is 5.91 Å². The number of benzene rings is 1. The zero-order valence-corrected chi connectivity index (χ0v) is 16.3. The third-order valence-corrected chi connectivity index (χ3v) is 4.25. The SMILES string of the molecule is CCOC(=O)c1c(C)[nH]c(/C=N/NC(=O)c2nn(-c3ccccc3)cc2O)c1C. The van der Waals surface area contributed by atoms with E-state index < -0.39 is 11.9 Å². The molecule has 0 aliphatic rings. The highest BCUT2D eigenvalue weighted by molar-refractivity contribution is 5.97. The van der Waals surface area contributed by atoms with Gasteiger partial charge >= 0.3 is 5.97 Å². The molecule has 2 aromatic heterocycles. The van der Waals surface area contributed by atoms with Crippen molar-refractivity contribution >= 4 is 18.1 Å². The van der Waals surface area contributed by atoms with Crippen molar-refractivity contribution in [3.8, 4) is 11.4 Å². The summed E-state index contributed by atoms with van der Waals surface area (Å²) in [4.78, 5) is 27.4. The molecular formula is C20H21N5O4. The summed E-state index contributed by atoms with van der Waals surface area (Å²) in [5.41, 5.74) is 5.18. The average Bonchev–Trinajstić information content (AvgIpc) is 3.22. The lowest BCUT2D eigenvalue weighted by Gasteiger charge is -2.01. The predicted molar refractivity (Wildman–Crippen MR) is 107 cm³/mol. The van der Waals surface area contributed by atoms with Gasteiger partial charge in [-0.2, -0.15) is 10.2 Å². The van der Waals surface area contributed by atoms with Crippen molar-refractivity contribution in [1.82, 2.24) is 20.2 Å². The van der Waals surface area contributed by atoms with E-state index in [4.69, 9.17) is 4.74 Å². The van der Waals surface area contributed by atoms with Crippen LogP contribution in [0.3, 0.4) is 0 Å². The number of aromatic hydroxyl groups is 1. The highest BCUT2D eigenvalue weighted by Crippen LogP contribution is 2.19. The number of hydrogen-bond donors (Lipinski definition) is 3. The number of carbonyl (C=O) groups is 2. The smallest absolute Gasteiger partial charge is 0.340 e. The lowest BCUT2D eigenvalue weighted by Crippen LogP contribution is -2.18. The number of amides is 1. The summed E-state index contributed by atoms with van der Waals surface area (Å²) in [7, 11) is 0. The first kappa shape index (κ1) is 19.9. The summed E-state index contributed by atoms with van der Waals surface area (Å²) in [6, 6.07) is 9.09. The van der Waals surface area contributed by atoms with E-state index in [9.17, 15) is 14.7 Å². The number of hydrogen-bond acceptors (Lipinski definition) is 6. The first-order valence-electron chi connectivity index (χ1n) is 8.96. The van der Waals surface area contributed by atoms with Crippen molar-refractivity contribution in [3.05, 3.63) is 64.7 Å². The average molecular weight is 395 g/mol. The van der Waals surface area contributed by atoms with E-state index in [1.54, 1.807) is 32.9 Å². The van der Waals surface area contributed by atoms with Crippen molar-refractivity contribution in [2.75, 3.05) is 6.61 Å². The molecule has 0 bridgehead atoms. The van der Waals surface area contributed by atoms with Gasteiger partial charge in [0.1, 0.15) is 0 Å². The summed E-state index contributed by atoms with van der Waals surface area (Å²) in [5, 5.41) is 18.0. The Bertz CT molecular complexity index is 1070. The van der Waals surface area contributed by atoms with E-state index >= 15 is 0 Å². The monoisotopic (exact) mass is 395 g/mol. The van der Waals surface area contributed by atoms with Gasteiger partial charge in [0.15, 0.2) is 11.4 Å². The molecule has 0 radical (unpaired) electrons. The standard InChI is InChI=1S/C20H21N5O4/c1-4-29-20(28)17-12(2)15(22-13(17)3)10-21-23-19(27)18-16(26)11-25(24-18)14-8-6-5-7-9-14/h5-11,22,26H,4H2,1-3H3,(H,23,27)/b21-10+. The number of H-pyrrole nitrogens is 1. The zero-order valence-electron chi connectivity index (χ0n) is 16.3. The molecule has 3 aromatic rings. The van der Waals surface area contributed by atoms with Crippen molar-refractivity contribution in [1.29, 1.82) is 0 Å². The van der Waals surface area contributed by atoms with Crippen LogP contribution in [0.15, 0.2) is 41.6 Å². The van der Waals surface area contributed by atoms with Crippen LogP contribution in [0.1, 0.15) is 44.7 Å². The van der Waals surface area contributed by atoms with E-state index in [-0.39, 0.29) is 18.1 Å². The minimum absolute atomic E-state index is 0.155. The number of aromatic nitrogens is 3. The normalized spacial score (nSPS) is 11.0. The fourth-order valence-electron chi connectivity index (χ4n) is 2.86. The third kappa shape index (κ3) is 4.18. The lowest BCUT2D eigenvalue weighted by molar-refractivity contribution is 0.0524. The highest BCUT2D eigenvalue weighted by atomic mass is 16.5. The molecule has 0 unspecified atom stereocenters. The lowest BCUT2D eigenvalue weighted by atomic mass is 10.1. The molecule has 0 aliphatic heterocycles. The van der Waals surface area contributed by atoms with Crippen LogP contribution in [0.25, 0.3) is 5.69 Å². The van der Waals surface area contributed by atoms with E-state index in [0.717, 1.165) is 0 Å². The second-order valence-electron chi connectivity index (χ2n) is 6.23. The van der Waals surface area contributed by atoms with Gasteiger partial charge < -0.3 is 14.8 Å². The molecule has 0 aliphatic carbocycles. The molecule has 0 spiro atoms. The maximum absolute atomic E-state index is 12.3. The molecule has 0 atom stereocenters. The van der Waals surface area contributed by atoms with Gasteiger partial charge in [0.2, 0.25) is 0 Å².